The number of carbonyl (C=O) groups excluding carboxylic acids is 3. The maximum Gasteiger partial charge on any atom is 0.341 e. The molecule has 40 heavy (non-hydrogen) atoms. The lowest BCUT2D eigenvalue weighted by Crippen LogP contribution is -2.58. The van der Waals surface area contributed by atoms with Crippen molar-refractivity contribution >= 4 is 23.8 Å². The van der Waals surface area contributed by atoms with Gasteiger partial charge in [-0.15, -0.1) is 0 Å². The van der Waals surface area contributed by atoms with Crippen LogP contribution in [0.2, 0.25) is 0 Å². The normalized spacial score (nSPS) is 26.5. The fourth-order valence-corrected chi connectivity index (χ4v) is 6.80. The van der Waals surface area contributed by atoms with Crippen molar-refractivity contribution in [2.24, 2.45) is 11.8 Å². The molecule has 2 saturated heterocycles. The summed E-state index contributed by atoms with van der Waals surface area (Å²) in [4.78, 5) is 56.0. The van der Waals surface area contributed by atoms with E-state index in [2.05, 4.69) is 5.32 Å². The van der Waals surface area contributed by atoms with Gasteiger partial charge in [0.15, 0.2) is 0 Å². The number of ether oxygens (including phenoxy) is 3. The Morgan fingerprint density at radius 1 is 1.00 bits per heavy atom. The van der Waals surface area contributed by atoms with Gasteiger partial charge in [-0.1, -0.05) is 49.6 Å². The van der Waals surface area contributed by atoms with Gasteiger partial charge in [0.05, 0.1) is 33.2 Å². The number of benzene rings is 2. The standard InChI is InChI=1S/C30H34N2O8/c1-38-19-14-20(22(28(35)40-3)21(15-19)39-2)25-23-24(27(34)32(26(23)33)18-12-8-5-9-13-18)30(31-25,29(36)37)16-17-10-6-4-7-11-17/h4,6-7,10-11,14-15,18,23-25,31H,5,8-9,12-13,16H2,1-3H3,(H,36,37). The molecule has 0 spiro atoms. The van der Waals surface area contributed by atoms with Crippen LogP contribution in [0.3, 0.4) is 0 Å². The third-order valence-electron chi connectivity index (χ3n) is 8.62. The monoisotopic (exact) mass is 550 g/mol. The van der Waals surface area contributed by atoms with E-state index in [9.17, 15) is 24.3 Å². The molecule has 1 aliphatic carbocycles. The van der Waals surface area contributed by atoms with Crippen LogP contribution in [-0.2, 0) is 25.5 Å². The van der Waals surface area contributed by atoms with Crippen LogP contribution < -0.4 is 14.8 Å². The number of carboxylic acid groups (broad SMARTS) is 1. The molecular weight excluding hydrogens is 516 g/mol. The summed E-state index contributed by atoms with van der Waals surface area (Å²) in [5, 5.41) is 14.0. The maximum atomic E-state index is 14.2. The minimum absolute atomic E-state index is 0.0347. The van der Waals surface area contributed by atoms with Gasteiger partial charge in [-0.2, -0.15) is 0 Å². The van der Waals surface area contributed by atoms with Crippen LogP contribution in [0.4, 0.5) is 0 Å². The molecule has 0 radical (unpaired) electrons. The number of imide groups is 1. The lowest BCUT2D eigenvalue weighted by atomic mass is 9.76. The molecule has 2 aromatic carbocycles. The van der Waals surface area contributed by atoms with Crippen LogP contribution in [0.25, 0.3) is 0 Å². The predicted octanol–water partition coefficient (Wildman–Crippen LogP) is 3.13. The van der Waals surface area contributed by atoms with E-state index in [0.717, 1.165) is 19.3 Å². The van der Waals surface area contributed by atoms with Gasteiger partial charge < -0.3 is 19.3 Å². The third-order valence-corrected chi connectivity index (χ3v) is 8.62. The van der Waals surface area contributed by atoms with E-state index in [4.69, 9.17) is 14.2 Å². The fraction of sp³-hybridized carbons (Fsp3) is 0.467. The number of fused-ring (bicyclic) bond motifs is 1. The summed E-state index contributed by atoms with van der Waals surface area (Å²) in [5.74, 6) is -4.62. The van der Waals surface area contributed by atoms with Crippen LogP contribution in [0.15, 0.2) is 42.5 Å². The summed E-state index contributed by atoms with van der Waals surface area (Å²) >= 11 is 0. The lowest BCUT2D eigenvalue weighted by Gasteiger charge is -2.35. The largest absolute Gasteiger partial charge is 0.497 e. The average molecular weight is 551 g/mol. The summed E-state index contributed by atoms with van der Waals surface area (Å²) in [6.45, 7) is 0. The lowest BCUT2D eigenvalue weighted by molar-refractivity contribution is -0.152. The van der Waals surface area contributed by atoms with Crippen molar-refractivity contribution in [3.8, 4) is 11.5 Å². The van der Waals surface area contributed by atoms with Crippen molar-refractivity contribution in [1.82, 2.24) is 10.2 Å². The summed E-state index contributed by atoms with van der Waals surface area (Å²) in [5.41, 5.74) is -0.791. The zero-order valence-corrected chi connectivity index (χ0v) is 22.8. The second kappa shape index (κ2) is 10.9. The van der Waals surface area contributed by atoms with E-state index in [1.165, 1.54) is 32.3 Å². The minimum Gasteiger partial charge on any atom is -0.497 e. The Morgan fingerprint density at radius 2 is 1.70 bits per heavy atom. The first-order valence-corrected chi connectivity index (χ1v) is 13.5. The number of hydrogen-bond acceptors (Lipinski definition) is 8. The highest BCUT2D eigenvalue weighted by molar-refractivity contribution is 6.10. The minimum atomic E-state index is -1.81. The first-order valence-electron chi connectivity index (χ1n) is 13.5. The van der Waals surface area contributed by atoms with E-state index in [-0.39, 0.29) is 29.3 Å². The Labute approximate surface area is 232 Å². The first kappa shape index (κ1) is 27.6. The Balaban J connectivity index is 1.72. The molecule has 10 nitrogen and oxygen atoms in total. The fourth-order valence-electron chi connectivity index (χ4n) is 6.80. The summed E-state index contributed by atoms with van der Waals surface area (Å²) in [7, 11) is 4.07. The van der Waals surface area contributed by atoms with Gasteiger partial charge in [-0.05, 0) is 30.0 Å². The van der Waals surface area contributed by atoms with Crippen molar-refractivity contribution < 1.29 is 38.5 Å². The average Bonchev–Trinajstić information content (AvgIpc) is 3.46. The van der Waals surface area contributed by atoms with Crippen molar-refractivity contribution in [3.05, 3.63) is 59.2 Å². The molecule has 2 amide bonds. The Bertz CT molecular complexity index is 1320. The van der Waals surface area contributed by atoms with Gasteiger partial charge in [0.1, 0.15) is 22.6 Å². The molecule has 2 aliphatic heterocycles. The van der Waals surface area contributed by atoms with Gasteiger partial charge in [0, 0.05) is 24.6 Å². The van der Waals surface area contributed by atoms with Crippen molar-refractivity contribution in [1.29, 1.82) is 0 Å². The molecule has 3 fully saturated rings. The van der Waals surface area contributed by atoms with E-state index < -0.39 is 47.2 Å². The quantitative estimate of drug-likeness (QED) is 0.376. The highest BCUT2D eigenvalue weighted by Crippen LogP contribution is 2.52. The molecule has 0 bridgehead atoms. The van der Waals surface area contributed by atoms with Gasteiger partial charge in [-0.3, -0.25) is 24.6 Å². The molecule has 4 atom stereocenters. The second-order valence-electron chi connectivity index (χ2n) is 10.7. The number of rotatable bonds is 8. The summed E-state index contributed by atoms with van der Waals surface area (Å²) < 4.78 is 16.0. The maximum absolute atomic E-state index is 14.2. The van der Waals surface area contributed by atoms with E-state index >= 15 is 0 Å². The van der Waals surface area contributed by atoms with Crippen molar-refractivity contribution in [2.75, 3.05) is 21.3 Å². The van der Waals surface area contributed by atoms with Crippen LogP contribution in [-0.4, -0.2) is 66.7 Å². The highest BCUT2D eigenvalue weighted by Gasteiger charge is 2.69. The smallest absolute Gasteiger partial charge is 0.341 e. The number of aliphatic carboxylic acids is 1. The molecule has 2 heterocycles. The van der Waals surface area contributed by atoms with Gasteiger partial charge in [0.2, 0.25) is 11.8 Å². The second-order valence-corrected chi connectivity index (χ2v) is 10.7. The van der Waals surface area contributed by atoms with Crippen molar-refractivity contribution in [3.63, 3.8) is 0 Å². The van der Waals surface area contributed by atoms with Gasteiger partial charge in [0.25, 0.3) is 0 Å². The number of amides is 2. The van der Waals surface area contributed by atoms with Crippen LogP contribution in [0.1, 0.15) is 59.6 Å². The molecule has 2 N–H and O–H groups in total. The number of carbonyl (C=O) groups is 4. The molecule has 1 saturated carbocycles. The zero-order chi connectivity index (χ0) is 28.6. The number of carboxylic acids is 1. The van der Waals surface area contributed by atoms with Crippen molar-refractivity contribution in [2.45, 2.75) is 56.1 Å². The van der Waals surface area contributed by atoms with Crippen LogP contribution in [0, 0.1) is 11.8 Å². The predicted molar refractivity (Wildman–Crippen MR) is 143 cm³/mol. The number of nitrogens with zero attached hydrogens (tertiary/aromatic N) is 1. The number of methoxy groups -OCH3 is 3. The molecule has 2 aromatic rings. The Hall–Kier alpha value is -3.92. The molecule has 4 unspecified atom stereocenters. The van der Waals surface area contributed by atoms with E-state index in [1.54, 1.807) is 30.3 Å². The van der Waals surface area contributed by atoms with Crippen LogP contribution in [0.5, 0.6) is 11.5 Å². The number of likely N-dealkylation sites (tertiary alicyclic amines) is 1. The zero-order valence-electron chi connectivity index (χ0n) is 22.8. The molecule has 3 aliphatic rings. The Kier molecular flexibility index (Phi) is 7.55. The molecule has 0 aromatic heterocycles. The molecular formula is C30H34N2O8. The third kappa shape index (κ3) is 4.40. The van der Waals surface area contributed by atoms with Gasteiger partial charge >= 0.3 is 11.9 Å². The first-order chi connectivity index (χ1) is 19.3. The highest BCUT2D eigenvalue weighted by atomic mass is 16.5. The topological polar surface area (TPSA) is 131 Å². The number of esters is 1. The number of nitrogens with one attached hydrogen (secondary N) is 1. The van der Waals surface area contributed by atoms with Crippen LogP contribution >= 0.6 is 0 Å². The molecule has 212 valence electrons. The summed E-state index contributed by atoms with van der Waals surface area (Å²) in [6.07, 6.45) is 4.16. The SMILES string of the molecule is COC(=O)c1c(OC)cc(OC)cc1C1NC(Cc2ccccc2)(C(=O)O)C2C(=O)N(C3CCCCC3)C(=O)C12. The molecule has 10 heteroatoms. The molecule has 5 rings (SSSR count). The van der Waals surface area contributed by atoms with Gasteiger partial charge in [-0.25, -0.2) is 4.79 Å². The van der Waals surface area contributed by atoms with E-state index in [1.807, 2.05) is 6.07 Å². The van der Waals surface area contributed by atoms with E-state index in [0.29, 0.717) is 24.2 Å². The Morgan fingerprint density at radius 3 is 2.30 bits per heavy atom. The number of hydrogen-bond donors (Lipinski definition) is 2. The summed E-state index contributed by atoms with van der Waals surface area (Å²) in [6, 6.07) is 10.8.